The van der Waals surface area contributed by atoms with Gasteiger partial charge >= 0.3 is 6.03 Å². The zero-order chi connectivity index (χ0) is 24.3. The molecule has 3 aromatic carbocycles. The number of hydrogen-bond donors (Lipinski definition) is 3. The van der Waals surface area contributed by atoms with Crippen LogP contribution < -0.4 is 21.1 Å². The first-order valence-electron chi connectivity index (χ1n) is 10.4. The molecule has 0 bridgehead atoms. The highest BCUT2D eigenvalue weighted by molar-refractivity contribution is 6.10. The number of primary amides is 1. The molecule has 1 heterocycles. The topological polar surface area (TPSA) is 131 Å². The Morgan fingerprint density at radius 3 is 2.41 bits per heavy atom. The van der Waals surface area contributed by atoms with Crippen LogP contribution >= 0.6 is 0 Å². The van der Waals surface area contributed by atoms with E-state index in [1.165, 1.54) is 19.1 Å². The second kappa shape index (κ2) is 9.07. The molecule has 9 nitrogen and oxygen atoms in total. The molecule has 1 saturated heterocycles. The fraction of sp³-hybridized carbons (Fsp3) is 0.120. The molecule has 0 saturated carbocycles. The number of urea groups is 1. The van der Waals surface area contributed by atoms with Gasteiger partial charge in [0.25, 0.3) is 5.91 Å². The van der Waals surface area contributed by atoms with Gasteiger partial charge in [-0.05, 0) is 48.9 Å². The summed E-state index contributed by atoms with van der Waals surface area (Å²) in [6.07, 6.45) is 0. The van der Waals surface area contributed by atoms with Crippen LogP contribution in [0.25, 0.3) is 0 Å². The van der Waals surface area contributed by atoms with Crippen molar-refractivity contribution in [3.05, 3.63) is 90.0 Å². The molecule has 0 radical (unpaired) electrons. The summed E-state index contributed by atoms with van der Waals surface area (Å²) >= 11 is 0. The van der Waals surface area contributed by atoms with Gasteiger partial charge in [-0.2, -0.15) is 0 Å². The summed E-state index contributed by atoms with van der Waals surface area (Å²) in [5, 5.41) is 5.28. The molecule has 1 aliphatic heterocycles. The van der Waals surface area contributed by atoms with Crippen LogP contribution in [0.2, 0.25) is 0 Å². The zero-order valence-corrected chi connectivity index (χ0v) is 18.3. The average molecular weight is 458 g/mol. The molecule has 1 aliphatic rings. The largest absolute Gasteiger partial charge is 0.457 e. The van der Waals surface area contributed by atoms with Crippen LogP contribution in [0.3, 0.4) is 0 Å². The van der Waals surface area contributed by atoms with E-state index >= 15 is 0 Å². The van der Waals surface area contributed by atoms with Crippen LogP contribution in [0.5, 0.6) is 11.5 Å². The molecule has 9 heteroatoms. The van der Waals surface area contributed by atoms with Crippen LogP contribution in [-0.2, 0) is 15.1 Å². The molecular formula is C25H22N4O5. The van der Waals surface area contributed by atoms with Gasteiger partial charge in [-0.15, -0.1) is 0 Å². The Labute approximate surface area is 195 Å². The zero-order valence-electron chi connectivity index (χ0n) is 18.3. The number of hydrogen-bond acceptors (Lipinski definition) is 5. The summed E-state index contributed by atoms with van der Waals surface area (Å²) < 4.78 is 5.76. The normalized spacial score (nSPS) is 17.3. The molecule has 4 N–H and O–H groups in total. The van der Waals surface area contributed by atoms with Crippen LogP contribution in [-0.4, -0.2) is 35.2 Å². The van der Waals surface area contributed by atoms with Gasteiger partial charge in [0, 0.05) is 17.3 Å². The van der Waals surface area contributed by atoms with Gasteiger partial charge in [0.15, 0.2) is 0 Å². The fourth-order valence-corrected chi connectivity index (χ4v) is 3.63. The van der Waals surface area contributed by atoms with Gasteiger partial charge in [0.2, 0.25) is 11.8 Å². The number of carbonyl (C=O) groups is 4. The molecule has 0 spiro atoms. The van der Waals surface area contributed by atoms with E-state index in [0.29, 0.717) is 22.7 Å². The standard InChI is InChI=1S/C25H22N4O5/c1-25(17-8-5-7-16(13-17)22(26)31)23(32)29(24(33)28-25)15-21(30)27-18-9-6-12-20(14-18)34-19-10-3-2-4-11-19/h2-14H,15H2,1H3,(H2,26,31)(H,27,30)(H,28,33)/t25-/m0/s1. The van der Waals surface area contributed by atoms with E-state index in [2.05, 4.69) is 10.6 Å². The van der Waals surface area contributed by atoms with Crippen molar-refractivity contribution >= 4 is 29.4 Å². The summed E-state index contributed by atoms with van der Waals surface area (Å²) in [7, 11) is 0. The van der Waals surface area contributed by atoms with Gasteiger partial charge in [-0.3, -0.25) is 19.3 Å². The van der Waals surface area contributed by atoms with Crippen LogP contribution in [0.1, 0.15) is 22.8 Å². The summed E-state index contributed by atoms with van der Waals surface area (Å²) in [5.74, 6) is -0.672. The second-order valence-electron chi connectivity index (χ2n) is 7.88. The third kappa shape index (κ3) is 4.58. The molecule has 3 aromatic rings. The summed E-state index contributed by atoms with van der Waals surface area (Å²) in [6.45, 7) is 1.02. The summed E-state index contributed by atoms with van der Waals surface area (Å²) in [6, 6.07) is 21.3. The van der Waals surface area contributed by atoms with Crippen molar-refractivity contribution in [2.24, 2.45) is 5.73 Å². The van der Waals surface area contributed by atoms with E-state index < -0.39 is 35.8 Å². The van der Waals surface area contributed by atoms with E-state index in [1.54, 1.807) is 48.5 Å². The molecule has 4 rings (SSSR count). The van der Waals surface area contributed by atoms with Crippen molar-refractivity contribution in [3.63, 3.8) is 0 Å². The number of para-hydroxylation sites is 1. The maximum Gasteiger partial charge on any atom is 0.325 e. The molecular weight excluding hydrogens is 436 g/mol. The van der Waals surface area contributed by atoms with Crippen LogP contribution in [0.15, 0.2) is 78.9 Å². The highest BCUT2D eigenvalue weighted by Crippen LogP contribution is 2.29. The number of amides is 5. The molecule has 0 aliphatic carbocycles. The number of carbonyl (C=O) groups excluding carboxylic acids is 4. The van der Waals surface area contributed by atoms with Gasteiger partial charge in [0.05, 0.1) is 0 Å². The molecule has 1 fully saturated rings. The molecule has 172 valence electrons. The van der Waals surface area contributed by atoms with Crippen LogP contribution in [0.4, 0.5) is 10.5 Å². The fourth-order valence-electron chi connectivity index (χ4n) is 3.63. The Morgan fingerprint density at radius 2 is 1.68 bits per heavy atom. The number of imide groups is 1. The highest BCUT2D eigenvalue weighted by atomic mass is 16.5. The monoisotopic (exact) mass is 458 g/mol. The minimum absolute atomic E-state index is 0.203. The molecule has 5 amide bonds. The Balaban J connectivity index is 1.45. The van der Waals surface area contributed by atoms with Crippen molar-refractivity contribution in [3.8, 4) is 11.5 Å². The molecule has 34 heavy (non-hydrogen) atoms. The van der Waals surface area contributed by atoms with E-state index in [9.17, 15) is 19.2 Å². The Hall–Kier alpha value is -4.66. The number of nitrogens with two attached hydrogens (primary N) is 1. The lowest BCUT2D eigenvalue weighted by Gasteiger charge is -2.22. The highest BCUT2D eigenvalue weighted by Gasteiger charge is 2.49. The third-order valence-corrected chi connectivity index (χ3v) is 5.40. The number of nitrogens with one attached hydrogen (secondary N) is 2. The van der Waals surface area contributed by atoms with Crippen molar-refractivity contribution < 1.29 is 23.9 Å². The first-order valence-corrected chi connectivity index (χ1v) is 10.4. The van der Waals surface area contributed by atoms with Crippen molar-refractivity contribution in [1.29, 1.82) is 0 Å². The van der Waals surface area contributed by atoms with E-state index in [4.69, 9.17) is 10.5 Å². The number of nitrogens with zero attached hydrogens (tertiary/aromatic N) is 1. The second-order valence-corrected chi connectivity index (χ2v) is 7.88. The Kier molecular flexibility index (Phi) is 6.01. The van der Waals surface area contributed by atoms with Crippen molar-refractivity contribution in [2.45, 2.75) is 12.5 Å². The first kappa shape index (κ1) is 22.5. The predicted molar refractivity (Wildman–Crippen MR) is 124 cm³/mol. The maximum atomic E-state index is 13.1. The number of benzene rings is 3. The molecule has 1 atom stereocenters. The SMILES string of the molecule is C[C@@]1(c2cccc(C(N)=O)c2)NC(=O)N(CC(=O)Nc2cccc(Oc3ccccc3)c2)C1=O. The molecule has 0 unspecified atom stereocenters. The van der Waals surface area contributed by atoms with Gasteiger partial charge in [-0.25, -0.2) is 4.79 Å². The average Bonchev–Trinajstić information content (AvgIpc) is 3.04. The van der Waals surface area contributed by atoms with Crippen LogP contribution in [0, 0.1) is 0 Å². The summed E-state index contributed by atoms with van der Waals surface area (Å²) in [5.41, 5.74) is 4.92. The van der Waals surface area contributed by atoms with Gasteiger partial charge in [0.1, 0.15) is 23.6 Å². The minimum Gasteiger partial charge on any atom is -0.457 e. The van der Waals surface area contributed by atoms with E-state index in [0.717, 1.165) is 4.90 Å². The lowest BCUT2D eigenvalue weighted by molar-refractivity contribution is -0.133. The first-order chi connectivity index (χ1) is 16.3. The maximum absolute atomic E-state index is 13.1. The third-order valence-electron chi connectivity index (χ3n) is 5.40. The van der Waals surface area contributed by atoms with E-state index in [1.807, 2.05) is 18.2 Å². The number of ether oxygens (including phenoxy) is 1. The van der Waals surface area contributed by atoms with Gasteiger partial charge in [-0.1, -0.05) is 36.4 Å². The lowest BCUT2D eigenvalue weighted by atomic mass is 9.90. The number of anilines is 1. The molecule has 0 aromatic heterocycles. The Bertz CT molecular complexity index is 1280. The Morgan fingerprint density at radius 1 is 0.971 bits per heavy atom. The smallest absolute Gasteiger partial charge is 0.325 e. The van der Waals surface area contributed by atoms with Crippen molar-refractivity contribution in [1.82, 2.24) is 10.2 Å². The van der Waals surface area contributed by atoms with E-state index in [-0.39, 0.29) is 5.56 Å². The minimum atomic E-state index is -1.44. The number of rotatable bonds is 7. The predicted octanol–water partition coefficient (Wildman–Crippen LogP) is 2.98. The summed E-state index contributed by atoms with van der Waals surface area (Å²) in [4.78, 5) is 50.6. The van der Waals surface area contributed by atoms with Crippen molar-refractivity contribution in [2.75, 3.05) is 11.9 Å². The lowest BCUT2D eigenvalue weighted by Crippen LogP contribution is -2.42. The quantitative estimate of drug-likeness (QED) is 0.469. The van der Waals surface area contributed by atoms with Gasteiger partial charge < -0.3 is 21.1 Å².